The van der Waals surface area contributed by atoms with Gasteiger partial charge in [0.05, 0.1) is 0 Å². The summed E-state index contributed by atoms with van der Waals surface area (Å²) in [6.45, 7) is 9.40. The molecule has 0 saturated carbocycles. The third-order valence-corrected chi connectivity index (χ3v) is 5.00. The molecule has 1 N–H and O–H groups in total. The molecule has 1 amide bonds. The maximum atomic E-state index is 12.3. The molecule has 2 rings (SSSR count). The largest absolute Gasteiger partial charge is 0.484 e. The third-order valence-electron chi connectivity index (χ3n) is 5.00. The molecule has 142 valence electrons. The number of hydrogen-bond donors (Lipinski definition) is 1. The molecule has 0 radical (unpaired) electrons. The van der Waals surface area contributed by atoms with Crippen molar-refractivity contribution in [3.63, 3.8) is 0 Å². The van der Waals surface area contributed by atoms with Gasteiger partial charge in [-0.05, 0) is 74.9 Å². The molecule has 5 heteroatoms. The summed E-state index contributed by atoms with van der Waals surface area (Å²) in [7, 11) is 1.99. The van der Waals surface area contributed by atoms with E-state index >= 15 is 0 Å². The van der Waals surface area contributed by atoms with Crippen LogP contribution in [0.4, 0.5) is 0 Å². The predicted octanol–water partition coefficient (Wildman–Crippen LogP) is 3.77. The van der Waals surface area contributed by atoms with Crippen molar-refractivity contribution in [2.75, 3.05) is 33.3 Å². The fourth-order valence-corrected chi connectivity index (χ4v) is 3.44. The lowest BCUT2D eigenvalue weighted by Gasteiger charge is -2.32. The lowest BCUT2D eigenvalue weighted by Crippen LogP contribution is -2.41. The second-order valence-electron chi connectivity index (χ2n) is 7.18. The van der Waals surface area contributed by atoms with Crippen LogP contribution in [0.1, 0.15) is 50.2 Å². The van der Waals surface area contributed by atoms with Crippen molar-refractivity contribution >= 4 is 18.3 Å². The number of piperidine rings is 1. The molecule has 4 nitrogen and oxygen atoms in total. The smallest absolute Gasteiger partial charge is 0.260 e. The Hall–Kier alpha value is -1.26. The quantitative estimate of drug-likeness (QED) is 0.796. The Labute approximate surface area is 158 Å². The van der Waals surface area contributed by atoms with E-state index < -0.39 is 0 Å². The number of carbonyl (C=O) groups is 1. The molecule has 0 spiro atoms. The van der Waals surface area contributed by atoms with E-state index in [1.807, 2.05) is 24.1 Å². The van der Waals surface area contributed by atoms with Crippen LogP contribution in [0.25, 0.3) is 0 Å². The number of aryl methyl sites for hydroxylation is 1. The Kier molecular flexibility index (Phi) is 9.30. The Morgan fingerprint density at radius 1 is 1.32 bits per heavy atom. The van der Waals surface area contributed by atoms with Crippen molar-refractivity contribution < 1.29 is 9.53 Å². The van der Waals surface area contributed by atoms with Gasteiger partial charge < -0.3 is 15.0 Å². The third kappa shape index (κ3) is 6.52. The maximum absolute atomic E-state index is 12.3. The first-order valence-corrected chi connectivity index (χ1v) is 9.17. The van der Waals surface area contributed by atoms with E-state index in [0.717, 1.165) is 44.1 Å². The molecule has 1 aromatic rings. The van der Waals surface area contributed by atoms with Crippen molar-refractivity contribution in [2.45, 2.75) is 46.0 Å². The van der Waals surface area contributed by atoms with Crippen LogP contribution in [0.3, 0.4) is 0 Å². The Morgan fingerprint density at radius 2 is 2.00 bits per heavy atom. The van der Waals surface area contributed by atoms with Crippen LogP contribution < -0.4 is 10.1 Å². The summed E-state index contributed by atoms with van der Waals surface area (Å²) in [6.07, 6.45) is 3.42. The van der Waals surface area contributed by atoms with Crippen LogP contribution in [-0.2, 0) is 4.79 Å². The van der Waals surface area contributed by atoms with Gasteiger partial charge in [-0.2, -0.15) is 0 Å². The highest BCUT2D eigenvalue weighted by atomic mass is 35.5. The molecule has 1 aromatic carbocycles. The van der Waals surface area contributed by atoms with E-state index in [1.165, 1.54) is 17.5 Å². The molecule has 25 heavy (non-hydrogen) atoms. The first-order valence-electron chi connectivity index (χ1n) is 9.17. The molecule has 1 saturated heterocycles. The molecule has 0 bridgehead atoms. The van der Waals surface area contributed by atoms with Crippen LogP contribution >= 0.6 is 12.4 Å². The second kappa shape index (κ2) is 10.7. The van der Waals surface area contributed by atoms with Gasteiger partial charge in [0.2, 0.25) is 0 Å². The lowest BCUT2D eigenvalue weighted by molar-refractivity contribution is -0.134. The van der Waals surface area contributed by atoms with E-state index in [0.29, 0.717) is 5.92 Å². The summed E-state index contributed by atoms with van der Waals surface area (Å²) in [5.41, 5.74) is 2.55. The summed E-state index contributed by atoms with van der Waals surface area (Å²) >= 11 is 0. The van der Waals surface area contributed by atoms with Gasteiger partial charge >= 0.3 is 0 Å². The number of nitrogens with one attached hydrogen (secondary N) is 1. The van der Waals surface area contributed by atoms with Crippen LogP contribution in [0.5, 0.6) is 5.75 Å². The Morgan fingerprint density at radius 3 is 2.56 bits per heavy atom. The highest BCUT2D eigenvalue weighted by Gasteiger charge is 2.22. The standard InChI is InChI=1S/C20H32N2O2.ClH/c1-15(2)19-6-5-18(13-16(19)3)24-14-20(23)22-11-8-17(9-12-22)7-10-21-4;/h5-6,13,15,17,21H,7-12,14H2,1-4H3;1H. The molecular formula is C20H33ClN2O2. The number of likely N-dealkylation sites (tertiary alicyclic amines) is 1. The zero-order chi connectivity index (χ0) is 17.5. The second-order valence-corrected chi connectivity index (χ2v) is 7.18. The minimum atomic E-state index is 0. The number of rotatable bonds is 7. The van der Waals surface area contributed by atoms with Crippen LogP contribution in [0.15, 0.2) is 18.2 Å². The first kappa shape index (κ1) is 21.8. The molecule has 1 aliphatic heterocycles. The molecular weight excluding hydrogens is 336 g/mol. The van der Waals surface area contributed by atoms with E-state index in [1.54, 1.807) is 0 Å². The summed E-state index contributed by atoms with van der Waals surface area (Å²) in [4.78, 5) is 14.3. The SMILES string of the molecule is CNCCC1CCN(C(=O)COc2ccc(C(C)C)c(C)c2)CC1.Cl. The van der Waals surface area contributed by atoms with Crippen LogP contribution in [0.2, 0.25) is 0 Å². The zero-order valence-corrected chi connectivity index (χ0v) is 16.8. The van der Waals surface area contributed by atoms with Crippen LogP contribution in [-0.4, -0.2) is 44.1 Å². The number of halogens is 1. The minimum Gasteiger partial charge on any atom is -0.484 e. The van der Waals surface area contributed by atoms with Gasteiger partial charge in [0.25, 0.3) is 5.91 Å². The maximum Gasteiger partial charge on any atom is 0.260 e. The van der Waals surface area contributed by atoms with Gasteiger partial charge in [0, 0.05) is 13.1 Å². The number of carbonyl (C=O) groups excluding carboxylic acids is 1. The predicted molar refractivity (Wildman–Crippen MR) is 106 cm³/mol. The van der Waals surface area contributed by atoms with Gasteiger partial charge in [-0.3, -0.25) is 4.79 Å². The molecule has 1 fully saturated rings. The van der Waals surface area contributed by atoms with Gasteiger partial charge in [0.15, 0.2) is 6.61 Å². The van der Waals surface area contributed by atoms with E-state index in [-0.39, 0.29) is 24.9 Å². The lowest BCUT2D eigenvalue weighted by atomic mass is 9.93. The van der Waals surface area contributed by atoms with Crippen molar-refractivity contribution in [3.8, 4) is 5.75 Å². The van der Waals surface area contributed by atoms with Crippen molar-refractivity contribution in [2.24, 2.45) is 5.92 Å². The molecule has 1 aliphatic rings. The summed E-state index contributed by atoms with van der Waals surface area (Å²) in [5, 5.41) is 3.20. The fourth-order valence-electron chi connectivity index (χ4n) is 3.44. The van der Waals surface area contributed by atoms with Gasteiger partial charge in [-0.1, -0.05) is 19.9 Å². The normalized spacial score (nSPS) is 15.2. The minimum absolute atomic E-state index is 0. The average Bonchev–Trinajstić information content (AvgIpc) is 2.58. The molecule has 0 unspecified atom stereocenters. The van der Waals surface area contributed by atoms with Crippen molar-refractivity contribution in [1.82, 2.24) is 10.2 Å². The monoisotopic (exact) mass is 368 g/mol. The van der Waals surface area contributed by atoms with Crippen molar-refractivity contribution in [1.29, 1.82) is 0 Å². The number of ether oxygens (including phenoxy) is 1. The Balaban J connectivity index is 0.00000312. The van der Waals surface area contributed by atoms with E-state index in [4.69, 9.17) is 4.74 Å². The molecule has 1 heterocycles. The number of benzene rings is 1. The topological polar surface area (TPSA) is 41.6 Å². The summed E-state index contributed by atoms with van der Waals surface area (Å²) in [6, 6.07) is 6.11. The van der Waals surface area contributed by atoms with Gasteiger partial charge in [-0.25, -0.2) is 0 Å². The van der Waals surface area contributed by atoms with Gasteiger partial charge in [0.1, 0.15) is 5.75 Å². The summed E-state index contributed by atoms with van der Waals surface area (Å²) in [5.74, 6) is 2.14. The molecule has 0 aromatic heterocycles. The number of hydrogen-bond acceptors (Lipinski definition) is 3. The Bertz CT molecular complexity index is 540. The van der Waals surface area contributed by atoms with E-state index in [2.05, 4.69) is 32.2 Å². The average molecular weight is 369 g/mol. The number of amides is 1. The molecule has 0 aliphatic carbocycles. The first-order chi connectivity index (χ1) is 11.5. The van der Waals surface area contributed by atoms with Crippen LogP contribution in [0, 0.1) is 12.8 Å². The fraction of sp³-hybridized carbons (Fsp3) is 0.650. The number of nitrogens with zero attached hydrogens (tertiary/aromatic N) is 1. The highest BCUT2D eigenvalue weighted by molar-refractivity contribution is 5.85. The highest BCUT2D eigenvalue weighted by Crippen LogP contribution is 2.24. The van der Waals surface area contributed by atoms with Gasteiger partial charge in [-0.15, -0.1) is 12.4 Å². The summed E-state index contributed by atoms with van der Waals surface area (Å²) < 4.78 is 5.73. The molecule has 0 atom stereocenters. The van der Waals surface area contributed by atoms with Crippen molar-refractivity contribution in [3.05, 3.63) is 29.3 Å². The van der Waals surface area contributed by atoms with E-state index in [9.17, 15) is 4.79 Å². The zero-order valence-electron chi connectivity index (χ0n) is 16.0.